The Morgan fingerprint density at radius 3 is 2.67 bits per heavy atom. The van der Waals surface area contributed by atoms with E-state index < -0.39 is 5.60 Å². The summed E-state index contributed by atoms with van der Waals surface area (Å²) in [6.07, 6.45) is 2.82. The van der Waals surface area contributed by atoms with Gasteiger partial charge in [0, 0.05) is 24.5 Å². The van der Waals surface area contributed by atoms with Crippen molar-refractivity contribution in [2.45, 2.75) is 51.7 Å². The molecule has 6 nitrogen and oxygen atoms in total. The Morgan fingerprint density at radius 1 is 1.30 bits per heavy atom. The summed E-state index contributed by atoms with van der Waals surface area (Å²) in [6, 6.07) is 4.47. The number of likely N-dealkylation sites (tertiary alicyclic amines) is 2. The highest BCUT2D eigenvalue weighted by Crippen LogP contribution is 2.28. The summed E-state index contributed by atoms with van der Waals surface area (Å²) in [7, 11) is 0. The predicted molar refractivity (Wildman–Crippen MR) is 107 cm³/mol. The Kier molecular flexibility index (Phi) is 6.42. The molecule has 27 heavy (non-hydrogen) atoms. The SMILES string of the molecule is CC(C)(C)OC(=O)N1CCC(C(=O)NCC(c2cccs2)N2CCCC2)C1. The Labute approximate surface area is 165 Å². The maximum atomic E-state index is 12.7. The zero-order chi connectivity index (χ0) is 19.4. The fraction of sp³-hybridized carbons (Fsp3) is 0.700. The highest BCUT2D eigenvalue weighted by molar-refractivity contribution is 7.10. The fourth-order valence-corrected chi connectivity index (χ4v) is 4.61. The second kappa shape index (κ2) is 8.61. The van der Waals surface area contributed by atoms with E-state index in [-0.39, 0.29) is 24.0 Å². The van der Waals surface area contributed by atoms with Crippen LogP contribution in [0.2, 0.25) is 0 Å². The Morgan fingerprint density at radius 2 is 2.04 bits per heavy atom. The van der Waals surface area contributed by atoms with Gasteiger partial charge in [-0.15, -0.1) is 11.3 Å². The Bertz CT molecular complexity index is 635. The monoisotopic (exact) mass is 393 g/mol. The molecular formula is C20H31N3O3S. The topological polar surface area (TPSA) is 61.9 Å². The summed E-state index contributed by atoms with van der Waals surface area (Å²) >= 11 is 1.75. The maximum absolute atomic E-state index is 12.7. The molecule has 1 N–H and O–H groups in total. The normalized spacial score (nSPS) is 22.0. The lowest BCUT2D eigenvalue weighted by atomic mass is 10.1. The van der Waals surface area contributed by atoms with Crippen LogP contribution >= 0.6 is 11.3 Å². The van der Waals surface area contributed by atoms with Gasteiger partial charge < -0.3 is 15.0 Å². The van der Waals surface area contributed by atoms with Gasteiger partial charge >= 0.3 is 6.09 Å². The van der Waals surface area contributed by atoms with Gasteiger partial charge in [-0.2, -0.15) is 0 Å². The molecule has 3 heterocycles. The van der Waals surface area contributed by atoms with Crippen molar-refractivity contribution in [2.75, 3.05) is 32.7 Å². The largest absolute Gasteiger partial charge is 0.444 e. The molecule has 0 aromatic carbocycles. The average Bonchev–Trinajstić information content (AvgIpc) is 3.35. The number of nitrogens with one attached hydrogen (secondary N) is 1. The number of ether oxygens (including phenoxy) is 1. The van der Waals surface area contributed by atoms with Gasteiger partial charge in [0.25, 0.3) is 0 Å². The first-order chi connectivity index (χ1) is 12.8. The molecule has 3 rings (SSSR count). The number of carbonyl (C=O) groups excluding carboxylic acids is 2. The van der Waals surface area contributed by atoms with Gasteiger partial charge in [0.05, 0.1) is 12.0 Å². The molecule has 150 valence electrons. The number of rotatable bonds is 5. The maximum Gasteiger partial charge on any atom is 0.410 e. The molecule has 0 aliphatic carbocycles. The highest BCUT2D eigenvalue weighted by atomic mass is 32.1. The standard InChI is InChI=1S/C20H31N3O3S/c1-20(2,3)26-19(25)23-11-8-15(14-23)18(24)21-13-16(17-7-6-12-27-17)22-9-4-5-10-22/h6-7,12,15-16H,4-5,8-11,13-14H2,1-3H3,(H,21,24). The summed E-state index contributed by atoms with van der Waals surface area (Å²) < 4.78 is 5.41. The summed E-state index contributed by atoms with van der Waals surface area (Å²) in [5.74, 6) is -0.109. The second-order valence-electron chi connectivity index (χ2n) is 8.43. The van der Waals surface area contributed by atoms with E-state index in [0.29, 0.717) is 26.1 Å². The van der Waals surface area contributed by atoms with Crippen LogP contribution in [0, 0.1) is 5.92 Å². The number of hydrogen-bond donors (Lipinski definition) is 1. The van der Waals surface area contributed by atoms with Crippen LogP contribution in [0.4, 0.5) is 4.79 Å². The van der Waals surface area contributed by atoms with Crippen molar-refractivity contribution < 1.29 is 14.3 Å². The number of thiophene rings is 1. The van der Waals surface area contributed by atoms with Gasteiger partial charge in [-0.25, -0.2) is 4.79 Å². The lowest BCUT2D eigenvalue weighted by molar-refractivity contribution is -0.124. The predicted octanol–water partition coefficient (Wildman–Crippen LogP) is 3.26. The molecule has 2 aliphatic rings. The van der Waals surface area contributed by atoms with Crippen molar-refractivity contribution >= 4 is 23.3 Å². The fourth-order valence-electron chi connectivity index (χ4n) is 3.75. The molecule has 0 radical (unpaired) electrons. The average molecular weight is 394 g/mol. The van der Waals surface area contributed by atoms with Gasteiger partial charge in [0.1, 0.15) is 5.60 Å². The van der Waals surface area contributed by atoms with E-state index in [9.17, 15) is 9.59 Å². The van der Waals surface area contributed by atoms with E-state index in [2.05, 4.69) is 27.7 Å². The van der Waals surface area contributed by atoms with E-state index >= 15 is 0 Å². The molecule has 2 amide bonds. The van der Waals surface area contributed by atoms with Crippen LogP contribution < -0.4 is 5.32 Å². The van der Waals surface area contributed by atoms with Crippen molar-refractivity contribution in [3.63, 3.8) is 0 Å². The minimum atomic E-state index is -0.513. The first kappa shape index (κ1) is 20.1. The van der Waals surface area contributed by atoms with E-state index in [1.165, 1.54) is 17.7 Å². The van der Waals surface area contributed by atoms with E-state index in [1.807, 2.05) is 20.8 Å². The number of hydrogen-bond acceptors (Lipinski definition) is 5. The lowest BCUT2D eigenvalue weighted by Gasteiger charge is -2.27. The Hall–Kier alpha value is -1.60. The molecule has 0 saturated carbocycles. The zero-order valence-electron chi connectivity index (χ0n) is 16.6. The zero-order valence-corrected chi connectivity index (χ0v) is 17.4. The molecule has 2 unspecified atom stereocenters. The summed E-state index contributed by atoms with van der Waals surface area (Å²) in [4.78, 5) is 30.3. The van der Waals surface area contributed by atoms with Crippen LogP contribution in [0.5, 0.6) is 0 Å². The van der Waals surface area contributed by atoms with Crippen LogP contribution in [0.15, 0.2) is 17.5 Å². The van der Waals surface area contributed by atoms with Crippen molar-refractivity contribution in [3.8, 4) is 0 Å². The Balaban J connectivity index is 1.52. The molecule has 0 bridgehead atoms. The van der Waals surface area contributed by atoms with Crippen LogP contribution in [0.1, 0.15) is 51.0 Å². The third-order valence-electron chi connectivity index (χ3n) is 5.13. The second-order valence-corrected chi connectivity index (χ2v) is 9.41. The molecular weight excluding hydrogens is 362 g/mol. The quantitative estimate of drug-likeness (QED) is 0.834. The third-order valence-corrected chi connectivity index (χ3v) is 6.11. The molecule has 7 heteroatoms. The van der Waals surface area contributed by atoms with Gasteiger partial charge in [-0.1, -0.05) is 6.07 Å². The van der Waals surface area contributed by atoms with E-state index in [4.69, 9.17) is 4.74 Å². The van der Waals surface area contributed by atoms with Crippen LogP contribution in [0.25, 0.3) is 0 Å². The smallest absolute Gasteiger partial charge is 0.410 e. The van der Waals surface area contributed by atoms with Crippen molar-refractivity contribution in [1.29, 1.82) is 0 Å². The number of nitrogens with zero attached hydrogens (tertiary/aromatic N) is 2. The van der Waals surface area contributed by atoms with Crippen LogP contribution in [-0.2, 0) is 9.53 Å². The molecule has 1 aromatic rings. The number of carbonyl (C=O) groups is 2. The van der Waals surface area contributed by atoms with Crippen molar-refractivity contribution in [2.24, 2.45) is 5.92 Å². The minimum Gasteiger partial charge on any atom is -0.444 e. The molecule has 2 saturated heterocycles. The minimum absolute atomic E-state index is 0.0433. The summed E-state index contributed by atoms with van der Waals surface area (Å²) in [5.41, 5.74) is -0.513. The van der Waals surface area contributed by atoms with Crippen LogP contribution in [0.3, 0.4) is 0 Å². The lowest BCUT2D eigenvalue weighted by Crippen LogP contribution is -2.40. The molecule has 0 spiro atoms. The van der Waals surface area contributed by atoms with Crippen LogP contribution in [-0.4, -0.2) is 60.1 Å². The van der Waals surface area contributed by atoms with Crippen molar-refractivity contribution in [1.82, 2.24) is 15.1 Å². The first-order valence-corrected chi connectivity index (χ1v) is 10.7. The van der Waals surface area contributed by atoms with E-state index in [0.717, 1.165) is 13.1 Å². The van der Waals surface area contributed by atoms with E-state index in [1.54, 1.807) is 16.2 Å². The highest BCUT2D eigenvalue weighted by Gasteiger charge is 2.34. The molecule has 2 atom stereocenters. The molecule has 2 aliphatic heterocycles. The summed E-state index contributed by atoms with van der Waals surface area (Å²) in [5, 5.41) is 5.24. The van der Waals surface area contributed by atoms with Gasteiger partial charge in [0.15, 0.2) is 0 Å². The third kappa shape index (κ3) is 5.45. The first-order valence-electron chi connectivity index (χ1n) is 9.86. The van der Waals surface area contributed by atoms with Gasteiger partial charge in [0.2, 0.25) is 5.91 Å². The molecule has 1 aromatic heterocycles. The van der Waals surface area contributed by atoms with Crippen molar-refractivity contribution in [3.05, 3.63) is 22.4 Å². The molecule has 2 fully saturated rings. The summed E-state index contributed by atoms with van der Waals surface area (Å²) in [6.45, 7) is 9.39. The van der Waals surface area contributed by atoms with Gasteiger partial charge in [-0.05, 0) is 64.6 Å². The number of amides is 2. The van der Waals surface area contributed by atoms with Gasteiger partial charge in [-0.3, -0.25) is 9.69 Å².